The molecule has 8 heteroatoms. The summed E-state index contributed by atoms with van der Waals surface area (Å²) in [4.78, 5) is 39.0. The molecule has 1 N–H and O–H groups in total. The van der Waals surface area contributed by atoms with Gasteiger partial charge in [0, 0.05) is 10.7 Å². The van der Waals surface area contributed by atoms with Gasteiger partial charge in [-0.25, -0.2) is 9.69 Å². The molecule has 1 heterocycles. The second-order valence-electron chi connectivity index (χ2n) is 7.91. The lowest BCUT2D eigenvalue weighted by atomic mass is 10.1. The molecule has 34 heavy (non-hydrogen) atoms. The number of amides is 2. The topological polar surface area (TPSA) is 75.7 Å². The molecule has 2 amide bonds. The van der Waals surface area contributed by atoms with Crippen molar-refractivity contribution in [3.63, 3.8) is 0 Å². The van der Waals surface area contributed by atoms with Crippen molar-refractivity contribution in [2.24, 2.45) is 0 Å². The van der Waals surface area contributed by atoms with Crippen LogP contribution in [-0.2, 0) is 9.59 Å². The Balaban J connectivity index is 1.48. The van der Waals surface area contributed by atoms with E-state index in [4.69, 9.17) is 27.9 Å². The smallest absolute Gasteiger partial charge is 0.343 e. The molecule has 4 rings (SSSR count). The van der Waals surface area contributed by atoms with E-state index in [0.29, 0.717) is 27.7 Å². The zero-order valence-corrected chi connectivity index (χ0v) is 20.1. The van der Waals surface area contributed by atoms with Crippen LogP contribution in [0.2, 0.25) is 5.02 Å². The van der Waals surface area contributed by atoms with Gasteiger partial charge in [-0.15, -0.1) is 0 Å². The first kappa shape index (κ1) is 23.5. The summed E-state index contributed by atoms with van der Waals surface area (Å²) in [5.41, 5.74) is 4.01. The van der Waals surface area contributed by atoms with Gasteiger partial charge in [0.15, 0.2) is 0 Å². The fourth-order valence-electron chi connectivity index (χ4n) is 3.34. The highest BCUT2D eigenvalue weighted by atomic mass is 35.5. The molecular formula is C26H20Cl2N2O4. The summed E-state index contributed by atoms with van der Waals surface area (Å²) in [6.45, 7) is 5.74. The fraction of sp³-hybridized carbons (Fsp3) is 0.115. The molecule has 0 radical (unpaired) electrons. The molecule has 1 aliphatic heterocycles. The third-order valence-electron chi connectivity index (χ3n) is 5.52. The summed E-state index contributed by atoms with van der Waals surface area (Å²) in [5.74, 6) is -1.31. The largest absolute Gasteiger partial charge is 0.423 e. The van der Waals surface area contributed by atoms with Gasteiger partial charge in [-0.1, -0.05) is 35.3 Å². The average molecular weight is 495 g/mol. The molecule has 3 aromatic rings. The molecule has 0 bridgehead atoms. The van der Waals surface area contributed by atoms with Crippen LogP contribution in [-0.4, -0.2) is 17.8 Å². The Morgan fingerprint density at radius 2 is 1.50 bits per heavy atom. The van der Waals surface area contributed by atoms with Crippen LogP contribution in [0.25, 0.3) is 0 Å². The van der Waals surface area contributed by atoms with Crippen LogP contribution in [0.4, 0.5) is 11.4 Å². The predicted octanol–water partition coefficient (Wildman–Crippen LogP) is 5.92. The monoisotopic (exact) mass is 494 g/mol. The number of nitrogens with one attached hydrogen (secondary N) is 1. The van der Waals surface area contributed by atoms with E-state index in [0.717, 1.165) is 21.6 Å². The lowest BCUT2D eigenvalue weighted by molar-refractivity contribution is -0.120. The number of imide groups is 1. The number of halogens is 2. The van der Waals surface area contributed by atoms with Gasteiger partial charge in [-0.3, -0.25) is 9.59 Å². The maximum absolute atomic E-state index is 12.9. The average Bonchev–Trinajstić information content (AvgIpc) is 3.02. The van der Waals surface area contributed by atoms with Gasteiger partial charge < -0.3 is 10.1 Å². The summed E-state index contributed by atoms with van der Waals surface area (Å²) in [6, 6.07) is 16.6. The van der Waals surface area contributed by atoms with Gasteiger partial charge in [0.2, 0.25) is 0 Å². The van der Waals surface area contributed by atoms with E-state index >= 15 is 0 Å². The fourth-order valence-corrected chi connectivity index (χ4v) is 3.73. The van der Waals surface area contributed by atoms with Crippen LogP contribution in [0.3, 0.4) is 0 Å². The van der Waals surface area contributed by atoms with Crippen LogP contribution in [0.1, 0.15) is 27.0 Å². The van der Waals surface area contributed by atoms with Crippen molar-refractivity contribution < 1.29 is 19.1 Å². The molecule has 0 aliphatic carbocycles. The summed E-state index contributed by atoms with van der Waals surface area (Å²) >= 11 is 12.3. The molecule has 0 saturated heterocycles. The Kier molecular flexibility index (Phi) is 6.46. The number of rotatable bonds is 5. The molecule has 0 unspecified atom stereocenters. The standard InChI is InChI=1S/C26H20Cl2N2O4/c1-14-5-11-20(12-16(14)3)34-26(33)17-6-8-18(9-7-17)29-23-22(28)24(31)30(25(23)32)19-10-4-15(2)21(27)13-19/h4-13,29H,1-3H3. The first-order valence-electron chi connectivity index (χ1n) is 10.4. The summed E-state index contributed by atoms with van der Waals surface area (Å²) in [6.07, 6.45) is 0. The van der Waals surface area contributed by atoms with E-state index < -0.39 is 17.8 Å². The highest BCUT2D eigenvalue weighted by molar-refractivity contribution is 6.53. The second kappa shape index (κ2) is 9.33. The SMILES string of the molecule is Cc1ccc(OC(=O)c2ccc(NC3=C(Cl)C(=O)N(c4ccc(C)c(Cl)c4)C3=O)cc2)cc1C. The van der Waals surface area contributed by atoms with Crippen molar-refractivity contribution >= 4 is 52.4 Å². The van der Waals surface area contributed by atoms with E-state index in [-0.39, 0.29) is 10.7 Å². The van der Waals surface area contributed by atoms with Gasteiger partial charge in [0.1, 0.15) is 16.5 Å². The highest BCUT2D eigenvalue weighted by Gasteiger charge is 2.39. The first-order chi connectivity index (χ1) is 16.2. The maximum Gasteiger partial charge on any atom is 0.343 e. The third kappa shape index (κ3) is 4.55. The normalized spacial score (nSPS) is 13.5. The predicted molar refractivity (Wildman–Crippen MR) is 133 cm³/mol. The molecule has 3 aromatic carbocycles. The second-order valence-corrected chi connectivity index (χ2v) is 8.69. The van der Waals surface area contributed by atoms with Crippen molar-refractivity contribution in [1.29, 1.82) is 0 Å². The number of hydrogen-bond acceptors (Lipinski definition) is 5. The van der Waals surface area contributed by atoms with Gasteiger partial charge in [-0.2, -0.15) is 0 Å². The van der Waals surface area contributed by atoms with Crippen molar-refractivity contribution in [3.05, 3.63) is 98.7 Å². The number of carbonyl (C=O) groups excluding carboxylic acids is 3. The van der Waals surface area contributed by atoms with Crippen LogP contribution in [0.5, 0.6) is 5.75 Å². The minimum Gasteiger partial charge on any atom is -0.423 e. The van der Waals surface area contributed by atoms with E-state index in [1.807, 2.05) is 26.8 Å². The first-order valence-corrected chi connectivity index (χ1v) is 11.1. The summed E-state index contributed by atoms with van der Waals surface area (Å²) in [7, 11) is 0. The minimum atomic E-state index is -0.650. The van der Waals surface area contributed by atoms with E-state index in [2.05, 4.69) is 5.32 Å². The molecule has 0 saturated carbocycles. The zero-order valence-electron chi connectivity index (χ0n) is 18.6. The Morgan fingerprint density at radius 3 is 2.15 bits per heavy atom. The van der Waals surface area contributed by atoms with E-state index in [9.17, 15) is 14.4 Å². The molecule has 0 spiro atoms. The molecule has 0 fully saturated rings. The van der Waals surface area contributed by atoms with Crippen LogP contribution in [0.15, 0.2) is 71.4 Å². The van der Waals surface area contributed by atoms with Crippen molar-refractivity contribution in [2.75, 3.05) is 10.2 Å². The lowest BCUT2D eigenvalue weighted by Crippen LogP contribution is -2.32. The Hall–Kier alpha value is -3.61. The highest BCUT2D eigenvalue weighted by Crippen LogP contribution is 2.32. The van der Waals surface area contributed by atoms with E-state index in [1.165, 1.54) is 6.07 Å². The number of esters is 1. The molecule has 1 aliphatic rings. The van der Waals surface area contributed by atoms with Gasteiger partial charge >= 0.3 is 5.97 Å². The number of carbonyl (C=O) groups is 3. The third-order valence-corrected chi connectivity index (χ3v) is 6.28. The molecule has 6 nitrogen and oxygen atoms in total. The van der Waals surface area contributed by atoms with Crippen LogP contribution >= 0.6 is 23.2 Å². The summed E-state index contributed by atoms with van der Waals surface area (Å²) < 4.78 is 5.43. The van der Waals surface area contributed by atoms with Crippen molar-refractivity contribution in [2.45, 2.75) is 20.8 Å². The van der Waals surface area contributed by atoms with Gasteiger partial charge in [-0.05, 0) is 86.0 Å². The van der Waals surface area contributed by atoms with Gasteiger partial charge in [0.25, 0.3) is 11.8 Å². The molecule has 172 valence electrons. The van der Waals surface area contributed by atoms with E-state index in [1.54, 1.807) is 48.5 Å². The Morgan fingerprint density at radius 1 is 0.824 bits per heavy atom. The summed E-state index contributed by atoms with van der Waals surface area (Å²) in [5, 5.41) is 3.07. The number of benzene rings is 3. The zero-order chi connectivity index (χ0) is 24.6. The minimum absolute atomic E-state index is 0.0613. The van der Waals surface area contributed by atoms with Crippen LogP contribution < -0.4 is 15.0 Å². The quantitative estimate of drug-likeness (QED) is 0.270. The number of aryl methyl sites for hydroxylation is 3. The van der Waals surface area contributed by atoms with Crippen molar-refractivity contribution in [3.8, 4) is 5.75 Å². The molecule has 0 atom stereocenters. The Labute approximate surface area is 206 Å². The lowest BCUT2D eigenvalue weighted by Gasteiger charge is -2.16. The Bertz CT molecular complexity index is 1360. The van der Waals surface area contributed by atoms with Gasteiger partial charge in [0.05, 0.1) is 11.3 Å². The molecule has 0 aromatic heterocycles. The maximum atomic E-state index is 12.9. The number of ether oxygens (including phenoxy) is 1. The number of hydrogen-bond donors (Lipinski definition) is 1. The number of nitrogens with zero attached hydrogens (tertiary/aromatic N) is 1. The van der Waals surface area contributed by atoms with Crippen molar-refractivity contribution in [1.82, 2.24) is 0 Å². The molecular weight excluding hydrogens is 475 g/mol. The number of anilines is 2. The van der Waals surface area contributed by atoms with Crippen LogP contribution in [0, 0.1) is 20.8 Å².